The SMILES string of the molecule is CC(C)C[C@@H]1NC(=O)N(CC(=O)Nc2ccccc2Sc2ccc(Cl)cc2)C1=O. The van der Waals surface area contributed by atoms with Gasteiger partial charge in [-0.05, 0) is 48.7 Å². The highest BCUT2D eigenvalue weighted by Crippen LogP contribution is 2.33. The Bertz CT molecular complexity index is 918. The number of para-hydroxylation sites is 1. The Morgan fingerprint density at radius 1 is 1.17 bits per heavy atom. The third-order valence-electron chi connectivity index (χ3n) is 4.32. The minimum absolute atomic E-state index is 0.259. The van der Waals surface area contributed by atoms with Gasteiger partial charge in [-0.1, -0.05) is 49.3 Å². The van der Waals surface area contributed by atoms with Gasteiger partial charge in [0.1, 0.15) is 12.6 Å². The molecule has 1 atom stereocenters. The summed E-state index contributed by atoms with van der Waals surface area (Å²) in [6.07, 6.45) is 0.545. The Hall–Kier alpha value is -2.51. The van der Waals surface area contributed by atoms with Crippen molar-refractivity contribution in [3.63, 3.8) is 0 Å². The van der Waals surface area contributed by atoms with Gasteiger partial charge in [-0.2, -0.15) is 0 Å². The van der Waals surface area contributed by atoms with E-state index in [0.717, 1.165) is 14.7 Å². The average Bonchev–Trinajstić information content (AvgIpc) is 2.92. The summed E-state index contributed by atoms with van der Waals surface area (Å²) < 4.78 is 0. The van der Waals surface area contributed by atoms with E-state index in [2.05, 4.69) is 10.6 Å². The lowest BCUT2D eigenvalue weighted by Gasteiger charge is -2.15. The molecule has 0 aliphatic carbocycles. The number of hydrogen-bond donors (Lipinski definition) is 2. The van der Waals surface area contributed by atoms with Gasteiger partial charge >= 0.3 is 6.03 Å². The van der Waals surface area contributed by atoms with Crippen molar-refractivity contribution in [1.82, 2.24) is 10.2 Å². The maximum absolute atomic E-state index is 12.5. The van der Waals surface area contributed by atoms with Crippen molar-refractivity contribution in [2.75, 3.05) is 11.9 Å². The van der Waals surface area contributed by atoms with E-state index in [1.807, 2.05) is 44.2 Å². The second-order valence-electron chi connectivity index (χ2n) is 7.16. The van der Waals surface area contributed by atoms with Crippen molar-refractivity contribution >= 4 is 46.9 Å². The lowest BCUT2D eigenvalue weighted by Crippen LogP contribution is -2.38. The van der Waals surface area contributed by atoms with Crippen LogP contribution in [0, 0.1) is 5.92 Å². The summed E-state index contributed by atoms with van der Waals surface area (Å²) in [7, 11) is 0. The van der Waals surface area contributed by atoms with Gasteiger partial charge in [-0.3, -0.25) is 14.5 Å². The number of carbonyl (C=O) groups excluding carboxylic acids is 3. The second kappa shape index (κ2) is 9.33. The maximum Gasteiger partial charge on any atom is 0.325 e. The summed E-state index contributed by atoms with van der Waals surface area (Å²) in [4.78, 5) is 39.8. The molecule has 3 rings (SSSR count). The molecule has 1 fully saturated rings. The number of nitrogens with zero attached hydrogens (tertiary/aromatic N) is 1. The number of benzene rings is 2. The van der Waals surface area contributed by atoms with Crippen molar-refractivity contribution in [1.29, 1.82) is 0 Å². The van der Waals surface area contributed by atoms with Gasteiger partial charge in [-0.25, -0.2) is 4.79 Å². The first-order chi connectivity index (χ1) is 13.8. The lowest BCUT2D eigenvalue weighted by atomic mass is 10.0. The highest BCUT2D eigenvalue weighted by molar-refractivity contribution is 7.99. The van der Waals surface area contributed by atoms with Crippen LogP contribution in [-0.4, -0.2) is 35.3 Å². The molecule has 1 heterocycles. The molecule has 29 heavy (non-hydrogen) atoms. The van der Waals surface area contributed by atoms with Gasteiger partial charge in [0, 0.05) is 14.8 Å². The maximum atomic E-state index is 12.5. The predicted octanol–water partition coefficient (Wildman–Crippen LogP) is 4.40. The molecule has 0 radical (unpaired) electrons. The standard InChI is InChI=1S/C21H22ClN3O3S/c1-13(2)11-17-20(27)25(21(28)24-17)12-19(26)23-16-5-3-4-6-18(16)29-15-9-7-14(22)8-10-15/h3-10,13,17H,11-12H2,1-2H3,(H,23,26)(H,24,28)/t17-/m0/s1. The third kappa shape index (κ3) is 5.52. The van der Waals surface area contributed by atoms with Crippen LogP contribution in [0.3, 0.4) is 0 Å². The van der Waals surface area contributed by atoms with Crippen LogP contribution in [0.5, 0.6) is 0 Å². The van der Waals surface area contributed by atoms with Crippen LogP contribution in [0.1, 0.15) is 20.3 Å². The molecule has 0 unspecified atom stereocenters. The van der Waals surface area contributed by atoms with E-state index in [1.165, 1.54) is 11.8 Å². The topological polar surface area (TPSA) is 78.5 Å². The van der Waals surface area contributed by atoms with Crippen LogP contribution in [-0.2, 0) is 9.59 Å². The molecule has 2 N–H and O–H groups in total. The van der Waals surface area contributed by atoms with Crippen LogP contribution in [0.2, 0.25) is 5.02 Å². The Morgan fingerprint density at radius 3 is 2.55 bits per heavy atom. The number of rotatable bonds is 7. The smallest absolute Gasteiger partial charge is 0.325 e. The zero-order valence-electron chi connectivity index (χ0n) is 16.1. The lowest BCUT2D eigenvalue weighted by molar-refractivity contribution is -0.131. The molecule has 1 aliphatic heterocycles. The fraction of sp³-hybridized carbons (Fsp3) is 0.286. The van der Waals surface area contributed by atoms with Crippen LogP contribution >= 0.6 is 23.4 Å². The number of amides is 4. The first-order valence-corrected chi connectivity index (χ1v) is 10.5. The van der Waals surface area contributed by atoms with Gasteiger partial charge in [-0.15, -0.1) is 0 Å². The molecule has 0 aromatic heterocycles. The van der Waals surface area contributed by atoms with Gasteiger partial charge < -0.3 is 10.6 Å². The van der Waals surface area contributed by atoms with Crippen molar-refractivity contribution in [2.24, 2.45) is 5.92 Å². The molecule has 6 nitrogen and oxygen atoms in total. The molecule has 0 saturated carbocycles. The Kier molecular flexibility index (Phi) is 6.82. The minimum atomic E-state index is -0.567. The Morgan fingerprint density at radius 2 is 1.86 bits per heavy atom. The summed E-state index contributed by atoms with van der Waals surface area (Å²) in [5.41, 5.74) is 0.614. The number of imide groups is 1. The van der Waals surface area contributed by atoms with E-state index in [-0.39, 0.29) is 18.4 Å². The van der Waals surface area contributed by atoms with Gasteiger partial charge in [0.2, 0.25) is 5.91 Å². The molecule has 8 heteroatoms. The van der Waals surface area contributed by atoms with Crippen LogP contribution in [0.15, 0.2) is 58.3 Å². The highest BCUT2D eigenvalue weighted by Gasteiger charge is 2.39. The molecule has 2 aromatic carbocycles. The minimum Gasteiger partial charge on any atom is -0.326 e. The zero-order valence-corrected chi connectivity index (χ0v) is 17.7. The van der Waals surface area contributed by atoms with Crippen molar-refractivity contribution in [3.05, 3.63) is 53.6 Å². The average molecular weight is 432 g/mol. The van der Waals surface area contributed by atoms with Crippen LogP contribution in [0.25, 0.3) is 0 Å². The van der Waals surface area contributed by atoms with Crippen molar-refractivity contribution in [2.45, 2.75) is 36.1 Å². The van der Waals surface area contributed by atoms with Crippen molar-refractivity contribution < 1.29 is 14.4 Å². The molecule has 1 saturated heterocycles. The molecule has 1 aliphatic rings. The molecule has 0 spiro atoms. The predicted molar refractivity (Wildman–Crippen MR) is 114 cm³/mol. The number of nitrogens with one attached hydrogen (secondary N) is 2. The van der Waals surface area contributed by atoms with E-state index in [9.17, 15) is 14.4 Å². The van der Waals surface area contributed by atoms with E-state index < -0.39 is 18.0 Å². The van der Waals surface area contributed by atoms with E-state index in [0.29, 0.717) is 17.1 Å². The van der Waals surface area contributed by atoms with Gasteiger partial charge in [0.05, 0.1) is 5.69 Å². The normalized spacial score (nSPS) is 16.3. The second-order valence-corrected chi connectivity index (χ2v) is 8.71. The Labute approximate surface area is 179 Å². The van der Waals surface area contributed by atoms with Crippen LogP contribution in [0.4, 0.5) is 10.5 Å². The van der Waals surface area contributed by atoms with E-state index >= 15 is 0 Å². The number of halogens is 1. The first kappa shape index (κ1) is 21.2. The molecule has 2 aromatic rings. The molecule has 4 amide bonds. The monoisotopic (exact) mass is 431 g/mol. The summed E-state index contributed by atoms with van der Waals surface area (Å²) in [6.45, 7) is 3.63. The number of urea groups is 1. The number of anilines is 1. The zero-order chi connectivity index (χ0) is 21.0. The summed E-state index contributed by atoms with van der Waals surface area (Å²) in [5.74, 6) is -0.527. The molecular formula is C21H22ClN3O3S. The summed E-state index contributed by atoms with van der Waals surface area (Å²) in [6, 6.07) is 13.7. The fourth-order valence-electron chi connectivity index (χ4n) is 2.98. The summed E-state index contributed by atoms with van der Waals surface area (Å²) >= 11 is 7.41. The molecule has 152 valence electrons. The quantitative estimate of drug-likeness (QED) is 0.637. The number of hydrogen-bond acceptors (Lipinski definition) is 4. The first-order valence-electron chi connectivity index (χ1n) is 9.27. The van der Waals surface area contributed by atoms with E-state index in [4.69, 9.17) is 11.6 Å². The van der Waals surface area contributed by atoms with Crippen molar-refractivity contribution in [3.8, 4) is 0 Å². The fourth-order valence-corrected chi connectivity index (χ4v) is 4.01. The largest absolute Gasteiger partial charge is 0.326 e. The van der Waals surface area contributed by atoms with Crippen LogP contribution < -0.4 is 10.6 Å². The highest BCUT2D eigenvalue weighted by atomic mass is 35.5. The third-order valence-corrected chi connectivity index (χ3v) is 5.65. The molecule has 0 bridgehead atoms. The summed E-state index contributed by atoms with van der Waals surface area (Å²) in [5, 5.41) is 6.10. The van der Waals surface area contributed by atoms with Gasteiger partial charge in [0.15, 0.2) is 0 Å². The van der Waals surface area contributed by atoms with E-state index in [1.54, 1.807) is 18.2 Å². The Balaban J connectivity index is 1.66. The van der Waals surface area contributed by atoms with Gasteiger partial charge in [0.25, 0.3) is 5.91 Å². The molecular weight excluding hydrogens is 410 g/mol. The number of carbonyl (C=O) groups is 3.